The Hall–Kier alpha value is -3.75. The Morgan fingerprint density at radius 3 is 2.61 bits per heavy atom. The minimum atomic E-state index is -0.201. The molecule has 9 heteroatoms. The van der Waals surface area contributed by atoms with Crippen molar-refractivity contribution in [1.29, 1.82) is 0 Å². The van der Waals surface area contributed by atoms with Crippen LogP contribution in [0.1, 0.15) is 16.2 Å². The Morgan fingerprint density at radius 1 is 1.04 bits per heavy atom. The number of carbonyl (C=O) groups excluding carboxylic acids is 1. The molecule has 0 aliphatic carbocycles. The average Bonchev–Trinajstić information content (AvgIpc) is 2.71. The molecule has 0 spiro atoms. The summed E-state index contributed by atoms with van der Waals surface area (Å²) in [6.45, 7) is 2.75. The first-order chi connectivity index (χ1) is 13.6. The highest BCUT2D eigenvalue weighted by molar-refractivity contribution is 5.93. The van der Waals surface area contributed by atoms with Gasteiger partial charge in [0.1, 0.15) is 23.3 Å². The van der Waals surface area contributed by atoms with Gasteiger partial charge in [-0.2, -0.15) is 0 Å². The number of methoxy groups -OCH3 is 1. The topological polar surface area (TPSA) is 114 Å². The Balaban J connectivity index is 1.50. The van der Waals surface area contributed by atoms with Gasteiger partial charge in [0.25, 0.3) is 5.91 Å². The summed E-state index contributed by atoms with van der Waals surface area (Å²) < 4.78 is 4.98. The highest BCUT2D eigenvalue weighted by Crippen LogP contribution is 2.15. The van der Waals surface area contributed by atoms with E-state index in [1.807, 2.05) is 25.1 Å². The maximum atomic E-state index is 12.1. The van der Waals surface area contributed by atoms with Gasteiger partial charge in [0.05, 0.1) is 12.7 Å². The highest BCUT2D eigenvalue weighted by Gasteiger charge is 2.06. The van der Waals surface area contributed by atoms with Gasteiger partial charge in [0.15, 0.2) is 0 Å². The van der Waals surface area contributed by atoms with Gasteiger partial charge in [0.2, 0.25) is 5.88 Å². The fraction of sp³-hybridized carbons (Fsp3) is 0.211. The van der Waals surface area contributed by atoms with Gasteiger partial charge in [-0.3, -0.25) is 4.79 Å². The van der Waals surface area contributed by atoms with Crippen LogP contribution in [0.4, 0.5) is 17.5 Å². The van der Waals surface area contributed by atoms with Gasteiger partial charge in [0, 0.05) is 37.6 Å². The molecule has 0 aliphatic rings. The number of amides is 1. The third kappa shape index (κ3) is 5.37. The molecule has 28 heavy (non-hydrogen) atoms. The molecule has 1 amide bonds. The van der Waals surface area contributed by atoms with Crippen LogP contribution in [0.2, 0.25) is 0 Å². The minimum absolute atomic E-state index is 0.201. The summed E-state index contributed by atoms with van der Waals surface area (Å²) in [6, 6.07) is 10.7. The Bertz CT molecular complexity index is 917. The third-order valence-electron chi connectivity index (χ3n) is 3.68. The van der Waals surface area contributed by atoms with Gasteiger partial charge < -0.3 is 20.7 Å². The summed E-state index contributed by atoms with van der Waals surface area (Å²) in [5, 5.41) is 9.13. The van der Waals surface area contributed by atoms with E-state index in [4.69, 9.17) is 4.74 Å². The molecule has 0 aromatic carbocycles. The van der Waals surface area contributed by atoms with Gasteiger partial charge in [-0.15, -0.1) is 0 Å². The van der Waals surface area contributed by atoms with E-state index in [2.05, 4.69) is 35.9 Å². The molecule has 3 rings (SSSR count). The fourth-order valence-electron chi connectivity index (χ4n) is 2.39. The number of pyridine rings is 2. The van der Waals surface area contributed by atoms with Gasteiger partial charge in [-0.1, -0.05) is 6.07 Å². The first kappa shape index (κ1) is 19.0. The second-order valence-corrected chi connectivity index (χ2v) is 5.80. The van der Waals surface area contributed by atoms with E-state index in [-0.39, 0.29) is 5.91 Å². The van der Waals surface area contributed by atoms with Crippen LogP contribution in [0.15, 0.2) is 48.8 Å². The van der Waals surface area contributed by atoms with E-state index in [1.54, 1.807) is 24.4 Å². The van der Waals surface area contributed by atoms with Crippen molar-refractivity contribution in [2.45, 2.75) is 6.92 Å². The fourth-order valence-corrected chi connectivity index (χ4v) is 2.39. The largest absolute Gasteiger partial charge is 0.481 e. The molecule has 0 aliphatic heterocycles. The van der Waals surface area contributed by atoms with Crippen LogP contribution in [0.3, 0.4) is 0 Å². The second-order valence-electron chi connectivity index (χ2n) is 5.80. The standard InChI is InChI=1S/C19H21N7O2/c1-13-24-16(11-17(25-13)26-15-5-3-4-8-20-15)21-9-10-22-19(27)14-6-7-18(28-2)23-12-14/h3-8,11-12H,9-10H2,1-2H3,(H,22,27)(H2,20,21,24,25,26). The minimum Gasteiger partial charge on any atom is -0.481 e. The third-order valence-corrected chi connectivity index (χ3v) is 3.68. The lowest BCUT2D eigenvalue weighted by atomic mass is 10.2. The number of nitrogens with one attached hydrogen (secondary N) is 3. The van der Waals surface area contributed by atoms with Crippen LogP contribution in [0, 0.1) is 6.92 Å². The second kappa shape index (κ2) is 9.26. The molecule has 0 atom stereocenters. The van der Waals surface area contributed by atoms with E-state index in [1.165, 1.54) is 13.3 Å². The van der Waals surface area contributed by atoms with Crippen molar-refractivity contribution in [3.63, 3.8) is 0 Å². The van der Waals surface area contributed by atoms with E-state index in [0.717, 1.165) is 0 Å². The summed E-state index contributed by atoms with van der Waals surface area (Å²) in [5.74, 6) is 2.89. The SMILES string of the molecule is COc1ccc(C(=O)NCCNc2cc(Nc3ccccn3)nc(C)n2)cn1. The average molecular weight is 379 g/mol. The molecule has 0 saturated carbocycles. The number of carbonyl (C=O) groups is 1. The molecule has 3 N–H and O–H groups in total. The van der Waals surface area contributed by atoms with Crippen molar-refractivity contribution < 1.29 is 9.53 Å². The molecule has 0 unspecified atom stereocenters. The Morgan fingerprint density at radius 2 is 1.89 bits per heavy atom. The number of aromatic nitrogens is 4. The summed E-state index contributed by atoms with van der Waals surface area (Å²) in [4.78, 5) is 29.0. The highest BCUT2D eigenvalue weighted by atomic mass is 16.5. The van der Waals surface area contributed by atoms with E-state index in [9.17, 15) is 4.79 Å². The molecule has 3 aromatic rings. The molecular weight excluding hydrogens is 358 g/mol. The number of aryl methyl sites for hydroxylation is 1. The predicted molar refractivity (Wildman–Crippen MR) is 106 cm³/mol. The lowest BCUT2D eigenvalue weighted by Crippen LogP contribution is -2.29. The van der Waals surface area contributed by atoms with Crippen LogP contribution in [0.25, 0.3) is 0 Å². The summed E-state index contributed by atoms with van der Waals surface area (Å²) in [5.41, 5.74) is 0.473. The molecule has 3 heterocycles. The van der Waals surface area contributed by atoms with Crippen LogP contribution in [0.5, 0.6) is 5.88 Å². The van der Waals surface area contributed by atoms with Crippen molar-refractivity contribution in [1.82, 2.24) is 25.3 Å². The Kier molecular flexibility index (Phi) is 6.29. The van der Waals surface area contributed by atoms with Gasteiger partial charge in [-0.05, 0) is 25.1 Å². The molecule has 0 radical (unpaired) electrons. The predicted octanol–water partition coefficient (Wildman–Crippen LogP) is 2.17. The van der Waals surface area contributed by atoms with Crippen LogP contribution >= 0.6 is 0 Å². The number of hydrogen-bond acceptors (Lipinski definition) is 8. The molecule has 3 aromatic heterocycles. The maximum absolute atomic E-state index is 12.1. The molecule has 9 nitrogen and oxygen atoms in total. The van der Waals surface area contributed by atoms with Gasteiger partial charge in [-0.25, -0.2) is 19.9 Å². The van der Waals surface area contributed by atoms with E-state index < -0.39 is 0 Å². The maximum Gasteiger partial charge on any atom is 0.252 e. The number of rotatable bonds is 8. The van der Waals surface area contributed by atoms with E-state index in [0.29, 0.717) is 47.8 Å². The molecule has 0 bridgehead atoms. The zero-order valence-corrected chi connectivity index (χ0v) is 15.6. The normalized spacial score (nSPS) is 10.2. The van der Waals surface area contributed by atoms with Crippen molar-refractivity contribution in [3.8, 4) is 5.88 Å². The first-order valence-corrected chi connectivity index (χ1v) is 8.70. The molecule has 144 valence electrons. The zero-order chi connectivity index (χ0) is 19.8. The summed E-state index contributed by atoms with van der Waals surface area (Å²) in [7, 11) is 1.53. The molecular formula is C19H21N7O2. The zero-order valence-electron chi connectivity index (χ0n) is 15.6. The van der Waals surface area contributed by atoms with Crippen molar-refractivity contribution in [2.24, 2.45) is 0 Å². The monoisotopic (exact) mass is 379 g/mol. The molecule has 0 saturated heterocycles. The van der Waals surface area contributed by atoms with Crippen LogP contribution in [-0.4, -0.2) is 46.0 Å². The lowest BCUT2D eigenvalue weighted by Gasteiger charge is -2.10. The molecule has 0 fully saturated rings. The number of ether oxygens (including phenoxy) is 1. The van der Waals surface area contributed by atoms with Crippen molar-refractivity contribution in [2.75, 3.05) is 30.8 Å². The quantitative estimate of drug-likeness (QED) is 0.510. The van der Waals surface area contributed by atoms with E-state index >= 15 is 0 Å². The number of nitrogens with zero attached hydrogens (tertiary/aromatic N) is 4. The smallest absolute Gasteiger partial charge is 0.252 e. The van der Waals surface area contributed by atoms with Gasteiger partial charge >= 0.3 is 0 Å². The number of anilines is 3. The summed E-state index contributed by atoms with van der Waals surface area (Å²) >= 11 is 0. The number of hydrogen-bond donors (Lipinski definition) is 3. The summed E-state index contributed by atoms with van der Waals surface area (Å²) in [6.07, 6.45) is 3.18. The lowest BCUT2D eigenvalue weighted by molar-refractivity contribution is 0.0954. The van der Waals surface area contributed by atoms with Crippen LogP contribution in [-0.2, 0) is 0 Å². The van der Waals surface area contributed by atoms with Crippen LogP contribution < -0.4 is 20.7 Å². The first-order valence-electron chi connectivity index (χ1n) is 8.70. The van der Waals surface area contributed by atoms with Crippen molar-refractivity contribution >= 4 is 23.4 Å². The Labute approximate surface area is 162 Å². The van der Waals surface area contributed by atoms with Crippen molar-refractivity contribution in [3.05, 3.63) is 60.2 Å².